The van der Waals surface area contributed by atoms with Crippen molar-refractivity contribution in [2.75, 3.05) is 13.2 Å². The zero-order valence-electron chi connectivity index (χ0n) is 11.5. The molecule has 4 nitrogen and oxygen atoms in total. The maximum absolute atomic E-state index is 6.29. The van der Waals surface area contributed by atoms with Crippen LogP contribution in [0.5, 0.6) is 0 Å². The number of rotatable bonds is 5. The highest BCUT2D eigenvalue weighted by Crippen LogP contribution is 2.20. The van der Waals surface area contributed by atoms with E-state index >= 15 is 0 Å². The molecule has 0 saturated carbocycles. The molecule has 1 fully saturated rings. The van der Waals surface area contributed by atoms with Gasteiger partial charge in [-0.2, -0.15) is 5.10 Å². The molecule has 0 aromatic carbocycles. The molecule has 2 heterocycles. The normalized spacial score (nSPS) is 20.8. The van der Waals surface area contributed by atoms with Crippen LogP contribution in [0.2, 0.25) is 0 Å². The topological polar surface area (TPSA) is 53.1 Å². The fourth-order valence-electron chi connectivity index (χ4n) is 2.47. The van der Waals surface area contributed by atoms with Gasteiger partial charge in [0.1, 0.15) is 0 Å². The summed E-state index contributed by atoms with van der Waals surface area (Å²) in [5.41, 5.74) is 7.41. The van der Waals surface area contributed by atoms with Gasteiger partial charge in [0.05, 0.1) is 5.69 Å². The first kappa shape index (κ1) is 13.6. The maximum Gasteiger partial charge on any atom is 0.0640 e. The van der Waals surface area contributed by atoms with E-state index in [9.17, 15) is 0 Å². The van der Waals surface area contributed by atoms with Crippen molar-refractivity contribution in [2.45, 2.75) is 51.6 Å². The Morgan fingerprint density at radius 3 is 2.89 bits per heavy atom. The molecule has 2 unspecified atom stereocenters. The Morgan fingerprint density at radius 2 is 2.22 bits per heavy atom. The van der Waals surface area contributed by atoms with Crippen LogP contribution in [0.4, 0.5) is 0 Å². The molecule has 1 aliphatic rings. The zero-order valence-corrected chi connectivity index (χ0v) is 11.5. The predicted octanol–water partition coefficient (Wildman–Crippen LogP) is 2.15. The first-order chi connectivity index (χ1) is 8.70. The molecular weight excluding hydrogens is 226 g/mol. The molecule has 0 amide bonds. The van der Waals surface area contributed by atoms with Crippen LogP contribution >= 0.6 is 0 Å². The minimum absolute atomic E-state index is 0.217. The third-order valence-corrected chi connectivity index (χ3v) is 4.02. The number of ether oxygens (including phenoxy) is 1. The lowest BCUT2D eigenvalue weighted by Gasteiger charge is -2.27. The van der Waals surface area contributed by atoms with Gasteiger partial charge in [0.25, 0.3) is 0 Å². The van der Waals surface area contributed by atoms with Gasteiger partial charge in [-0.1, -0.05) is 6.92 Å². The molecular formula is C14H25N3O. The molecule has 1 saturated heterocycles. The molecule has 1 aromatic rings. The van der Waals surface area contributed by atoms with Crippen LogP contribution in [0.25, 0.3) is 0 Å². The molecule has 0 bridgehead atoms. The SMILES string of the molecule is CCC(C)n1ccc(CC(N)C2CCOCC2)n1. The number of hydrogen-bond donors (Lipinski definition) is 1. The third kappa shape index (κ3) is 3.33. The third-order valence-electron chi connectivity index (χ3n) is 4.02. The summed E-state index contributed by atoms with van der Waals surface area (Å²) in [4.78, 5) is 0. The van der Waals surface area contributed by atoms with Gasteiger partial charge in [-0.05, 0) is 38.2 Å². The van der Waals surface area contributed by atoms with Crippen molar-refractivity contribution in [2.24, 2.45) is 11.7 Å². The smallest absolute Gasteiger partial charge is 0.0640 e. The Morgan fingerprint density at radius 1 is 1.50 bits per heavy atom. The van der Waals surface area contributed by atoms with Crippen molar-refractivity contribution in [3.8, 4) is 0 Å². The van der Waals surface area contributed by atoms with Crippen molar-refractivity contribution in [1.82, 2.24) is 9.78 Å². The number of aromatic nitrogens is 2. The van der Waals surface area contributed by atoms with Crippen LogP contribution < -0.4 is 5.73 Å². The van der Waals surface area contributed by atoms with E-state index in [0.29, 0.717) is 12.0 Å². The maximum atomic E-state index is 6.29. The second kappa shape index (κ2) is 6.34. The lowest BCUT2D eigenvalue weighted by Crippen LogP contribution is -2.36. The molecule has 1 aromatic heterocycles. The molecule has 102 valence electrons. The van der Waals surface area contributed by atoms with Gasteiger partial charge in [-0.15, -0.1) is 0 Å². The van der Waals surface area contributed by atoms with E-state index < -0.39 is 0 Å². The predicted molar refractivity (Wildman–Crippen MR) is 72.5 cm³/mol. The largest absolute Gasteiger partial charge is 0.381 e. The van der Waals surface area contributed by atoms with E-state index in [-0.39, 0.29) is 6.04 Å². The highest BCUT2D eigenvalue weighted by atomic mass is 16.5. The molecule has 0 spiro atoms. The average Bonchev–Trinajstić information content (AvgIpc) is 2.87. The summed E-state index contributed by atoms with van der Waals surface area (Å²) in [6.07, 6.45) is 6.24. The Bertz CT molecular complexity index is 358. The summed E-state index contributed by atoms with van der Waals surface area (Å²) >= 11 is 0. The summed E-state index contributed by atoms with van der Waals surface area (Å²) in [6, 6.07) is 2.79. The van der Waals surface area contributed by atoms with Gasteiger partial charge in [-0.3, -0.25) is 4.68 Å². The second-order valence-electron chi connectivity index (χ2n) is 5.36. The van der Waals surface area contributed by atoms with Crippen LogP contribution in [0.15, 0.2) is 12.3 Å². The van der Waals surface area contributed by atoms with Gasteiger partial charge in [-0.25, -0.2) is 0 Å². The summed E-state index contributed by atoms with van der Waals surface area (Å²) in [5, 5.41) is 4.62. The molecule has 2 rings (SSSR count). The van der Waals surface area contributed by atoms with Crippen molar-refractivity contribution < 1.29 is 4.74 Å². The van der Waals surface area contributed by atoms with Crippen LogP contribution in [0, 0.1) is 5.92 Å². The van der Waals surface area contributed by atoms with Gasteiger partial charge in [0.15, 0.2) is 0 Å². The first-order valence-corrected chi connectivity index (χ1v) is 7.08. The van der Waals surface area contributed by atoms with Crippen LogP contribution in [-0.4, -0.2) is 29.0 Å². The minimum Gasteiger partial charge on any atom is -0.381 e. The lowest BCUT2D eigenvalue weighted by atomic mass is 9.90. The van der Waals surface area contributed by atoms with Gasteiger partial charge in [0, 0.05) is 37.9 Å². The molecule has 0 radical (unpaired) electrons. The summed E-state index contributed by atoms with van der Waals surface area (Å²) < 4.78 is 7.42. The van der Waals surface area contributed by atoms with E-state index in [4.69, 9.17) is 10.5 Å². The lowest BCUT2D eigenvalue weighted by molar-refractivity contribution is 0.0583. The molecule has 0 aliphatic carbocycles. The van der Waals surface area contributed by atoms with E-state index in [2.05, 4.69) is 31.2 Å². The second-order valence-corrected chi connectivity index (χ2v) is 5.36. The van der Waals surface area contributed by atoms with Crippen molar-refractivity contribution in [3.63, 3.8) is 0 Å². The van der Waals surface area contributed by atoms with Crippen molar-refractivity contribution in [1.29, 1.82) is 0 Å². The Labute approximate surface area is 110 Å². The van der Waals surface area contributed by atoms with Crippen LogP contribution in [-0.2, 0) is 11.2 Å². The van der Waals surface area contributed by atoms with Gasteiger partial charge < -0.3 is 10.5 Å². The van der Waals surface area contributed by atoms with Crippen LogP contribution in [0.1, 0.15) is 44.8 Å². The molecule has 4 heteroatoms. The molecule has 18 heavy (non-hydrogen) atoms. The van der Waals surface area contributed by atoms with E-state index in [1.807, 2.05) is 4.68 Å². The van der Waals surface area contributed by atoms with Gasteiger partial charge >= 0.3 is 0 Å². The van der Waals surface area contributed by atoms with Crippen LogP contribution in [0.3, 0.4) is 0 Å². The molecule has 2 atom stereocenters. The fourth-order valence-corrected chi connectivity index (χ4v) is 2.47. The summed E-state index contributed by atoms with van der Waals surface area (Å²) in [7, 11) is 0. The highest BCUT2D eigenvalue weighted by Gasteiger charge is 2.21. The number of nitrogens with two attached hydrogens (primary N) is 1. The first-order valence-electron chi connectivity index (χ1n) is 7.08. The number of hydrogen-bond acceptors (Lipinski definition) is 3. The summed E-state index contributed by atoms with van der Waals surface area (Å²) in [6.45, 7) is 6.09. The van der Waals surface area contributed by atoms with E-state index in [1.165, 1.54) is 0 Å². The van der Waals surface area contributed by atoms with Crippen molar-refractivity contribution in [3.05, 3.63) is 18.0 Å². The molecule has 2 N–H and O–H groups in total. The van der Waals surface area contributed by atoms with E-state index in [1.54, 1.807) is 0 Å². The quantitative estimate of drug-likeness (QED) is 0.872. The Hall–Kier alpha value is -0.870. The minimum atomic E-state index is 0.217. The number of nitrogens with zero attached hydrogens (tertiary/aromatic N) is 2. The van der Waals surface area contributed by atoms with E-state index in [0.717, 1.165) is 44.6 Å². The fraction of sp³-hybridized carbons (Fsp3) is 0.786. The van der Waals surface area contributed by atoms with Gasteiger partial charge in [0.2, 0.25) is 0 Å². The Kier molecular flexibility index (Phi) is 4.78. The zero-order chi connectivity index (χ0) is 13.0. The average molecular weight is 251 g/mol. The monoisotopic (exact) mass is 251 g/mol. The standard InChI is InChI=1S/C14H25N3O/c1-3-11(2)17-7-4-13(16-17)10-14(15)12-5-8-18-9-6-12/h4,7,11-12,14H,3,5-6,8-10,15H2,1-2H3. The van der Waals surface area contributed by atoms with Crippen molar-refractivity contribution >= 4 is 0 Å². The Balaban J connectivity index is 1.90. The highest BCUT2D eigenvalue weighted by molar-refractivity contribution is 5.02. The summed E-state index contributed by atoms with van der Waals surface area (Å²) in [5.74, 6) is 0.590. The molecule has 1 aliphatic heterocycles.